The Kier molecular flexibility index (Phi) is 70.5. The molecule has 0 radical (unpaired) electrons. The summed E-state index contributed by atoms with van der Waals surface area (Å²) in [6, 6.07) is 0. The van der Waals surface area contributed by atoms with Crippen LogP contribution >= 0.6 is 15.6 Å². The van der Waals surface area contributed by atoms with Gasteiger partial charge in [0.25, 0.3) is 0 Å². The molecule has 0 heterocycles. The van der Waals surface area contributed by atoms with E-state index in [0.717, 1.165) is 141 Å². The van der Waals surface area contributed by atoms with E-state index in [-0.39, 0.29) is 25.7 Å². The molecule has 0 aromatic heterocycles. The first-order chi connectivity index (χ1) is 49.7. The van der Waals surface area contributed by atoms with Gasteiger partial charge in [0, 0.05) is 25.7 Å². The van der Waals surface area contributed by atoms with Gasteiger partial charge in [-0.3, -0.25) is 37.3 Å². The van der Waals surface area contributed by atoms with Gasteiger partial charge in [0.1, 0.15) is 19.3 Å². The summed E-state index contributed by atoms with van der Waals surface area (Å²) in [5.41, 5.74) is 0. The molecule has 582 valence electrons. The Bertz CT molecular complexity index is 2510. The SMILES string of the molecule is CC/C=C\C/C=C\C/C=C\C/C=C\C/C=C\CCCC(=O)OCC(COP(=O)(O)OCC(O)COP(=O)(O)OCC(COC(=O)CCC/C=C\C/C=C\C/C=C\C/C=C\C/C=C\CC)OC(=O)CCCCCCCCCCCCCCCCC)OC(=O)CCCCCCC/C=C\C/C=C\CCC. The molecule has 0 saturated carbocycles. The quantitative estimate of drug-likeness (QED) is 0.0169. The van der Waals surface area contributed by atoms with Crippen LogP contribution in [-0.2, 0) is 65.4 Å². The molecule has 0 aliphatic rings. The third-order valence-electron chi connectivity index (χ3n) is 15.8. The van der Waals surface area contributed by atoms with Crippen LogP contribution in [-0.4, -0.2) is 96.7 Å². The number of phosphoric acid groups is 2. The lowest BCUT2D eigenvalue weighted by Crippen LogP contribution is -2.30. The molecule has 0 saturated heterocycles. The number of aliphatic hydroxyl groups is 1. The molecule has 5 unspecified atom stereocenters. The molecule has 0 amide bonds. The van der Waals surface area contributed by atoms with Gasteiger partial charge in [-0.25, -0.2) is 9.13 Å². The highest BCUT2D eigenvalue weighted by Gasteiger charge is 2.30. The Morgan fingerprint density at radius 2 is 0.539 bits per heavy atom. The van der Waals surface area contributed by atoms with Gasteiger partial charge in [-0.2, -0.15) is 0 Å². The molecular weight excluding hydrogens is 1330 g/mol. The van der Waals surface area contributed by atoms with E-state index in [0.29, 0.717) is 38.5 Å². The van der Waals surface area contributed by atoms with Gasteiger partial charge in [-0.1, -0.05) is 289 Å². The fourth-order valence-corrected chi connectivity index (χ4v) is 11.5. The Labute approximate surface area is 617 Å². The van der Waals surface area contributed by atoms with Crippen molar-refractivity contribution in [1.82, 2.24) is 0 Å². The number of hydrogen-bond donors (Lipinski definition) is 3. The maximum Gasteiger partial charge on any atom is 0.472 e. The zero-order valence-electron chi connectivity index (χ0n) is 63.5. The third kappa shape index (κ3) is 73.3. The number of rotatable bonds is 72. The maximum absolute atomic E-state index is 13.1. The second-order valence-electron chi connectivity index (χ2n) is 25.5. The fraction of sp³-hybridized carbons (Fsp3) is 0.663. The molecule has 0 aromatic carbocycles. The van der Waals surface area contributed by atoms with Crippen LogP contribution in [0.1, 0.15) is 297 Å². The zero-order valence-corrected chi connectivity index (χ0v) is 65.3. The Morgan fingerprint density at radius 1 is 0.284 bits per heavy atom. The fourth-order valence-electron chi connectivity index (χ4n) is 9.92. The molecule has 0 aliphatic heterocycles. The number of allylic oxidation sites excluding steroid dienone is 24. The minimum atomic E-state index is -5.00. The molecule has 0 spiro atoms. The number of esters is 4. The van der Waals surface area contributed by atoms with E-state index in [4.69, 9.17) is 37.0 Å². The number of carbonyl (C=O) groups excluding carboxylic acids is 4. The van der Waals surface area contributed by atoms with Gasteiger partial charge >= 0.3 is 39.5 Å². The number of carbonyl (C=O) groups is 4. The molecule has 19 heteroatoms. The molecule has 3 N–H and O–H groups in total. The van der Waals surface area contributed by atoms with Crippen LogP contribution < -0.4 is 0 Å². The summed E-state index contributed by atoms with van der Waals surface area (Å²) in [6.07, 6.45) is 84.2. The molecular formula is C83H138O17P2. The summed E-state index contributed by atoms with van der Waals surface area (Å²) in [5.74, 6) is -2.33. The summed E-state index contributed by atoms with van der Waals surface area (Å²) in [6.45, 7) is 4.44. The van der Waals surface area contributed by atoms with Crippen molar-refractivity contribution in [2.24, 2.45) is 0 Å². The highest BCUT2D eigenvalue weighted by molar-refractivity contribution is 7.47. The number of unbranched alkanes of at least 4 members (excludes halogenated alkanes) is 22. The van der Waals surface area contributed by atoms with Crippen molar-refractivity contribution in [3.8, 4) is 0 Å². The molecule has 0 bridgehead atoms. The van der Waals surface area contributed by atoms with Crippen LogP contribution in [0.15, 0.2) is 146 Å². The lowest BCUT2D eigenvalue weighted by molar-refractivity contribution is -0.161. The van der Waals surface area contributed by atoms with Crippen molar-refractivity contribution in [2.45, 2.75) is 316 Å². The molecule has 0 rings (SSSR count). The highest BCUT2D eigenvalue weighted by Crippen LogP contribution is 2.45. The molecule has 0 aliphatic carbocycles. The number of aliphatic hydroxyl groups excluding tert-OH is 1. The molecule has 5 atom stereocenters. The monoisotopic (exact) mass is 1470 g/mol. The molecule has 0 aromatic rings. The third-order valence-corrected chi connectivity index (χ3v) is 17.7. The van der Waals surface area contributed by atoms with Crippen molar-refractivity contribution in [1.29, 1.82) is 0 Å². The van der Waals surface area contributed by atoms with E-state index < -0.39 is 97.5 Å². The molecule has 17 nitrogen and oxygen atoms in total. The topological polar surface area (TPSA) is 237 Å². The lowest BCUT2D eigenvalue weighted by Gasteiger charge is -2.21. The summed E-state index contributed by atoms with van der Waals surface area (Å²) in [5, 5.41) is 10.6. The second-order valence-corrected chi connectivity index (χ2v) is 28.4. The standard InChI is InChI=1S/C83H138O17P2/c1-5-9-13-17-21-25-29-33-36-38-41-44-47-51-55-59-63-67-80(85)93-73-78(99-82(87)69-65-61-57-53-49-43-32-28-24-20-16-12-8-4)75-97-101(89,90)95-71-77(84)72-96-102(91,92)98-76-79(100-83(88)70-66-62-58-54-50-46-40-35-31-27-23-19-15-11-7-3)74-94-81(86)68-64-60-56-52-48-45-42-39-37-34-30-26-22-18-14-10-6-2/h9-10,13-14,16,20-22,25-26,28,32-34,36-37,41-42,44-45,51-52,55-56,77-79,84H,5-8,11-12,15,17-19,23-24,27,29-31,35,38-40,43,46-50,53-54,57-76H2,1-4H3,(H,89,90)(H,91,92)/b13-9-,14-10-,20-16-,25-21-,26-22-,32-28-,36-33-,37-34-,44-41-,45-42-,55-51-,56-52-. The summed E-state index contributed by atoms with van der Waals surface area (Å²) < 4.78 is 68.4. The van der Waals surface area contributed by atoms with Gasteiger partial charge in [0.15, 0.2) is 12.2 Å². The van der Waals surface area contributed by atoms with E-state index in [1.54, 1.807) is 0 Å². The van der Waals surface area contributed by atoms with Crippen molar-refractivity contribution >= 4 is 39.5 Å². The van der Waals surface area contributed by atoms with Crippen molar-refractivity contribution < 1.29 is 80.2 Å². The van der Waals surface area contributed by atoms with Crippen LogP contribution in [0.25, 0.3) is 0 Å². The van der Waals surface area contributed by atoms with Crippen LogP contribution in [0, 0.1) is 0 Å². The highest BCUT2D eigenvalue weighted by atomic mass is 31.2. The van der Waals surface area contributed by atoms with Crippen LogP contribution in [0.4, 0.5) is 0 Å². The van der Waals surface area contributed by atoms with Crippen LogP contribution in [0.5, 0.6) is 0 Å². The molecule has 0 fully saturated rings. The smallest absolute Gasteiger partial charge is 0.462 e. The second kappa shape index (κ2) is 74.2. The van der Waals surface area contributed by atoms with Crippen LogP contribution in [0.2, 0.25) is 0 Å². The predicted octanol–water partition coefficient (Wildman–Crippen LogP) is 22.7. The minimum Gasteiger partial charge on any atom is -0.462 e. The number of hydrogen-bond acceptors (Lipinski definition) is 15. The first-order valence-corrected chi connectivity index (χ1v) is 42.1. The summed E-state index contributed by atoms with van der Waals surface area (Å²) in [7, 11) is -9.99. The van der Waals surface area contributed by atoms with Crippen molar-refractivity contribution in [2.75, 3.05) is 39.6 Å². The van der Waals surface area contributed by atoms with E-state index >= 15 is 0 Å². The van der Waals surface area contributed by atoms with Gasteiger partial charge in [0.2, 0.25) is 0 Å². The van der Waals surface area contributed by atoms with Crippen molar-refractivity contribution in [3.63, 3.8) is 0 Å². The minimum absolute atomic E-state index is 0.0614. The first kappa shape index (κ1) is 96.9. The van der Waals surface area contributed by atoms with Gasteiger partial charge in [-0.15, -0.1) is 0 Å². The van der Waals surface area contributed by atoms with E-state index in [9.17, 15) is 43.2 Å². The number of phosphoric ester groups is 2. The normalized spacial score (nSPS) is 14.7. The average molecular weight is 1470 g/mol. The van der Waals surface area contributed by atoms with E-state index in [1.165, 1.54) is 64.2 Å². The maximum atomic E-state index is 13.1. The lowest BCUT2D eigenvalue weighted by atomic mass is 10.0. The van der Waals surface area contributed by atoms with E-state index in [2.05, 4.69) is 149 Å². The summed E-state index contributed by atoms with van der Waals surface area (Å²) >= 11 is 0. The zero-order chi connectivity index (χ0) is 74.6. The Hall–Kier alpha value is -5.06. The number of ether oxygens (including phenoxy) is 4. The van der Waals surface area contributed by atoms with Crippen molar-refractivity contribution in [3.05, 3.63) is 146 Å². The molecule has 102 heavy (non-hydrogen) atoms. The summed E-state index contributed by atoms with van der Waals surface area (Å²) in [4.78, 5) is 72.9. The largest absolute Gasteiger partial charge is 0.472 e. The average Bonchev–Trinajstić information content (AvgIpc) is 0.908. The van der Waals surface area contributed by atoms with Crippen LogP contribution in [0.3, 0.4) is 0 Å². The van der Waals surface area contributed by atoms with Gasteiger partial charge < -0.3 is 33.8 Å². The Morgan fingerprint density at radius 3 is 0.853 bits per heavy atom. The Balaban J connectivity index is 5.45. The van der Waals surface area contributed by atoms with Gasteiger partial charge in [-0.05, 0) is 128 Å². The van der Waals surface area contributed by atoms with Gasteiger partial charge in [0.05, 0.1) is 26.4 Å². The van der Waals surface area contributed by atoms with E-state index in [1.807, 2.05) is 24.3 Å². The first-order valence-electron chi connectivity index (χ1n) is 39.1. The predicted molar refractivity (Wildman–Crippen MR) is 417 cm³/mol.